The van der Waals surface area contributed by atoms with E-state index >= 15 is 0 Å². The van der Waals surface area contributed by atoms with Gasteiger partial charge >= 0.3 is 5.97 Å². The fourth-order valence-electron chi connectivity index (χ4n) is 6.64. The molecule has 6 aromatic rings. The molecule has 2 heterocycles. The van der Waals surface area contributed by atoms with Gasteiger partial charge in [-0.05, 0) is 69.0 Å². The molecule has 0 N–H and O–H groups in total. The van der Waals surface area contributed by atoms with E-state index in [1.807, 2.05) is 117 Å². The number of carbonyl (C=O) groups excluding carboxylic acids is 1. The standard InChI is InChI=1S/C42H37N5O2/c1-29-38(32-23-21-31(25-43)22-24-32)39(40(48)49-41(3,4)5)30(2)46(29)28-37-33(26-44)27-47(45-37)42(34-15-9-6-10-16-34,35-17-11-7-12-18-35)36-19-13-8-14-20-36/h6-24,27H,28H2,1-5H3. The minimum atomic E-state index is -0.885. The van der Waals surface area contributed by atoms with E-state index in [0.717, 1.165) is 33.5 Å². The highest BCUT2D eigenvalue weighted by molar-refractivity contribution is 6.00. The van der Waals surface area contributed by atoms with Crippen LogP contribution >= 0.6 is 0 Å². The van der Waals surface area contributed by atoms with Gasteiger partial charge in [-0.25, -0.2) is 4.79 Å². The van der Waals surface area contributed by atoms with Gasteiger partial charge in [-0.2, -0.15) is 15.6 Å². The lowest BCUT2D eigenvalue weighted by Crippen LogP contribution is -2.38. The molecule has 0 saturated carbocycles. The maximum absolute atomic E-state index is 13.8. The van der Waals surface area contributed by atoms with E-state index in [1.54, 1.807) is 12.1 Å². The molecule has 242 valence electrons. The van der Waals surface area contributed by atoms with Crippen molar-refractivity contribution in [2.24, 2.45) is 0 Å². The van der Waals surface area contributed by atoms with Gasteiger partial charge in [0.1, 0.15) is 17.2 Å². The molecular formula is C42H37N5O2. The van der Waals surface area contributed by atoms with E-state index in [9.17, 15) is 15.3 Å². The molecule has 7 nitrogen and oxygen atoms in total. The number of carbonyl (C=O) groups is 1. The summed E-state index contributed by atoms with van der Waals surface area (Å²) in [7, 11) is 0. The van der Waals surface area contributed by atoms with E-state index in [1.165, 1.54) is 0 Å². The number of benzene rings is 4. The van der Waals surface area contributed by atoms with E-state index in [-0.39, 0.29) is 6.54 Å². The molecular weight excluding hydrogens is 606 g/mol. The van der Waals surface area contributed by atoms with Crippen LogP contribution in [-0.4, -0.2) is 25.9 Å². The summed E-state index contributed by atoms with van der Waals surface area (Å²) >= 11 is 0. The molecule has 0 amide bonds. The molecule has 2 aromatic heterocycles. The van der Waals surface area contributed by atoms with E-state index in [0.29, 0.717) is 28.1 Å². The second-order valence-corrected chi connectivity index (χ2v) is 13.1. The van der Waals surface area contributed by atoms with Crippen LogP contribution in [0.25, 0.3) is 11.1 Å². The van der Waals surface area contributed by atoms with Crippen LogP contribution in [0, 0.1) is 36.5 Å². The Balaban J connectivity index is 1.56. The fourth-order valence-corrected chi connectivity index (χ4v) is 6.64. The van der Waals surface area contributed by atoms with Gasteiger partial charge in [0.05, 0.1) is 35.0 Å². The summed E-state index contributed by atoms with van der Waals surface area (Å²) in [4.78, 5) is 13.8. The molecule has 0 fully saturated rings. The summed E-state index contributed by atoms with van der Waals surface area (Å²) in [5.74, 6) is -0.437. The third-order valence-corrected chi connectivity index (χ3v) is 8.83. The molecule has 0 bridgehead atoms. The average molecular weight is 644 g/mol. The van der Waals surface area contributed by atoms with Gasteiger partial charge in [-0.3, -0.25) is 4.68 Å². The minimum Gasteiger partial charge on any atom is -0.456 e. The Morgan fingerprint density at radius 1 is 0.735 bits per heavy atom. The largest absolute Gasteiger partial charge is 0.456 e. The predicted molar refractivity (Wildman–Crippen MR) is 190 cm³/mol. The molecule has 0 unspecified atom stereocenters. The minimum absolute atomic E-state index is 0.244. The molecule has 0 spiro atoms. The monoisotopic (exact) mass is 643 g/mol. The molecule has 6 rings (SSSR count). The van der Waals surface area contributed by atoms with Crippen molar-refractivity contribution in [1.82, 2.24) is 14.3 Å². The normalized spacial score (nSPS) is 11.5. The van der Waals surface area contributed by atoms with Crippen LogP contribution in [-0.2, 0) is 16.8 Å². The number of nitrogens with zero attached hydrogens (tertiary/aromatic N) is 5. The number of nitriles is 2. The number of hydrogen-bond acceptors (Lipinski definition) is 5. The Hall–Kier alpha value is -6.18. The number of aromatic nitrogens is 3. The Labute approximate surface area is 287 Å². The van der Waals surface area contributed by atoms with Gasteiger partial charge in [0.15, 0.2) is 0 Å². The van der Waals surface area contributed by atoms with Crippen LogP contribution in [0.1, 0.15) is 76.0 Å². The highest BCUT2D eigenvalue weighted by Gasteiger charge is 2.40. The van der Waals surface area contributed by atoms with E-state index in [4.69, 9.17) is 9.84 Å². The average Bonchev–Trinajstić information content (AvgIpc) is 3.63. The van der Waals surface area contributed by atoms with Crippen molar-refractivity contribution in [3.63, 3.8) is 0 Å². The zero-order valence-electron chi connectivity index (χ0n) is 28.3. The molecule has 0 aliphatic heterocycles. The van der Waals surface area contributed by atoms with Crippen molar-refractivity contribution in [3.05, 3.63) is 172 Å². The zero-order chi connectivity index (χ0) is 34.8. The Kier molecular flexibility index (Phi) is 8.78. The number of rotatable bonds is 8. The Morgan fingerprint density at radius 2 is 1.24 bits per heavy atom. The van der Waals surface area contributed by atoms with Crippen LogP contribution < -0.4 is 0 Å². The van der Waals surface area contributed by atoms with Gasteiger partial charge < -0.3 is 9.30 Å². The molecule has 0 saturated heterocycles. The summed E-state index contributed by atoms with van der Waals surface area (Å²) < 4.78 is 9.83. The van der Waals surface area contributed by atoms with Crippen LogP contribution in [0.3, 0.4) is 0 Å². The second kappa shape index (κ2) is 13.1. The smallest absolute Gasteiger partial charge is 0.341 e. The van der Waals surface area contributed by atoms with E-state index in [2.05, 4.69) is 48.5 Å². The van der Waals surface area contributed by atoms with Crippen LogP contribution in [0.15, 0.2) is 121 Å². The quantitative estimate of drug-likeness (QED) is 0.122. The maximum Gasteiger partial charge on any atom is 0.341 e. The number of hydrogen-bond donors (Lipinski definition) is 0. The van der Waals surface area contributed by atoms with Crippen LogP contribution in [0.5, 0.6) is 0 Å². The maximum atomic E-state index is 13.8. The van der Waals surface area contributed by atoms with Crippen molar-refractivity contribution in [3.8, 4) is 23.3 Å². The zero-order valence-corrected chi connectivity index (χ0v) is 28.3. The fraction of sp³-hybridized carbons (Fsp3) is 0.190. The summed E-state index contributed by atoms with van der Waals surface area (Å²) in [5, 5.41) is 25.1. The van der Waals surface area contributed by atoms with Crippen LogP contribution in [0.2, 0.25) is 0 Å². The highest BCUT2D eigenvalue weighted by Crippen LogP contribution is 2.41. The third-order valence-electron chi connectivity index (χ3n) is 8.83. The van der Waals surface area contributed by atoms with Gasteiger partial charge in [0, 0.05) is 23.1 Å². The summed E-state index contributed by atoms with van der Waals surface area (Å²) in [6.45, 7) is 9.62. The number of esters is 1. The van der Waals surface area contributed by atoms with E-state index < -0.39 is 17.1 Å². The first-order valence-electron chi connectivity index (χ1n) is 16.2. The van der Waals surface area contributed by atoms with Gasteiger partial charge in [-0.1, -0.05) is 103 Å². The summed E-state index contributed by atoms with van der Waals surface area (Å²) in [6, 6.07) is 42.3. The Bertz CT molecular complexity index is 2100. The number of ether oxygens (including phenoxy) is 1. The van der Waals surface area contributed by atoms with Gasteiger partial charge in [-0.15, -0.1) is 0 Å². The first-order chi connectivity index (χ1) is 23.6. The molecule has 0 atom stereocenters. The van der Waals surface area contributed by atoms with Crippen molar-refractivity contribution in [1.29, 1.82) is 10.5 Å². The SMILES string of the molecule is Cc1c(C(=O)OC(C)(C)C)c(-c2ccc(C#N)cc2)c(C)n1Cc1nn(C(c2ccccc2)(c2ccccc2)c2ccccc2)cc1C#N. The predicted octanol–water partition coefficient (Wildman–Crippen LogP) is 8.56. The van der Waals surface area contributed by atoms with Crippen molar-refractivity contribution >= 4 is 5.97 Å². The van der Waals surface area contributed by atoms with Gasteiger partial charge in [0.25, 0.3) is 0 Å². The molecule has 4 aromatic carbocycles. The molecule has 7 heteroatoms. The molecule has 0 aliphatic rings. The molecule has 0 aliphatic carbocycles. The Morgan fingerprint density at radius 3 is 1.69 bits per heavy atom. The van der Waals surface area contributed by atoms with Crippen molar-refractivity contribution in [2.75, 3.05) is 0 Å². The second-order valence-electron chi connectivity index (χ2n) is 13.1. The first-order valence-corrected chi connectivity index (χ1v) is 16.2. The highest BCUT2D eigenvalue weighted by atomic mass is 16.6. The summed E-state index contributed by atoms with van der Waals surface area (Å²) in [6.07, 6.45) is 1.83. The van der Waals surface area contributed by atoms with Crippen molar-refractivity contribution in [2.45, 2.75) is 52.3 Å². The summed E-state index contributed by atoms with van der Waals surface area (Å²) in [5.41, 5.74) is 6.40. The first kappa shape index (κ1) is 32.7. The molecule has 0 radical (unpaired) electrons. The topological polar surface area (TPSA) is 96.6 Å². The molecule has 49 heavy (non-hydrogen) atoms. The lowest BCUT2D eigenvalue weighted by molar-refractivity contribution is 0.00694. The van der Waals surface area contributed by atoms with Gasteiger partial charge in [0.2, 0.25) is 0 Å². The lowest BCUT2D eigenvalue weighted by atomic mass is 9.77. The lowest BCUT2D eigenvalue weighted by Gasteiger charge is -2.36. The third kappa shape index (κ3) is 6.04. The van der Waals surface area contributed by atoms with Crippen molar-refractivity contribution < 1.29 is 9.53 Å². The van der Waals surface area contributed by atoms with Crippen LogP contribution in [0.4, 0.5) is 0 Å².